The van der Waals surface area contributed by atoms with E-state index < -0.39 is 57.8 Å². The molecule has 440 valence electrons. The van der Waals surface area contributed by atoms with Gasteiger partial charge in [-0.3, -0.25) is 23.4 Å². The van der Waals surface area contributed by atoms with Gasteiger partial charge in [-0.25, -0.2) is 4.57 Å². The highest BCUT2D eigenvalue weighted by molar-refractivity contribution is 7.47. The van der Waals surface area contributed by atoms with E-state index in [-0.39, 0.29) is 25.9 Å². The number of phosphoric acid groups is 1. The first-order valence-electron chi connectivity index (χ1n) is 30.8. The summed E-state index contributed by atoms with van der Waals surface area (Å²) in [4.78, 5) is 48.6. The molecule has 2 N–H and O–H groups in total. The first kappa shape index (κ1) is 72.9. The van der Waals surface area contributed by atoms with Crippen molar-refractivity contribution in [2.45, 2.75) is 290 Å². The molecular weight excluding hydrogens is 976 g/mol. The maximum atomic E-state index is 12.9. The van der Waals surface area contributed by atoms with E-state index in [4.69, 9.17) is 23.3 Å². The third kappa shape index (κ3) is 55.7. The van der Waals surface area contributed by atoms with Crippen molar-refractivity contribution in [3.63, 3.8) is 0 Å². The van der Waals surface area contributed by atoms with Gasteiger partial charge in [0.2, 0.25) is 0 Å². The molecule has 0 bridgehead atoms. The lowest BCUT2D eigenvalue weighted by Gasteiger charge is -2.21. The van der Waals surface area contributed by atoms with Gasteiger partial charge in [-0.1, -0.05) is 222 Å². The number of hydrogen-bond acceptors (Lipinski definition) is 10. The number of aliphatic hydroxyl groups excluding tert-OH is 1. The number of carbonyl (C=O) groups is 3. The molecule has 0 heterocycles. The lowest BCUT2D eigenvalue weighted by molar-refractivity contribution is -0.161. The average molecular weight is 1090 g/mol. The minimum atomic E-state index is -4.76. The quantitative estimate of drug-likeness (QED) is 0.0197. The van der Waals surface area contributed by atoms with E-state index in [1.54, 1.807) is 0 Å². The first-order valence-corrected chi connectivity index (χ1v) is 32.3. The fraction of sp³-hybridized carbons (Fsp3) is 0.766. The second kappa shape index (κ2) is 58.1. The molecule has 0 radical (unpaired) electrons. The zero-order valence-electron chi connectivity index (χ0n) is 48.7. The number of hydrogen-bond donors (Lipinski definition) is 2. The highest BCUT2D eigenvalue weighted by atomic mass is 31.2. The van der Waals surface area contributed by atoms with Crippen LogP contribution in [0.5, 0.6) is 0 Å². The number of phosphoric ester groups is 1. The van der Waals surface area contributed by atoms with Crippen LogP contribution in [0.4, 0.5) is 0 Å². The third-order valence-corrected chi connectivity index (χ3v) is 14.0. The van der Waals surface area contributed by atoms with Gasteiger partial charge < -0.3 is 24.2 Å². The van der Waals surface area contributed by atoms with Crippen LogP contribution in [-0.4, -0.2) is 66.5 Å². The zero-order chi connectivity index (χ0) is 55.5. The molecule has 0 rings (SSSR count). The van der Waals surface area contributed by atoms with E-state index in [0.717, 1.165) is 122 Å². The molecule has 0 saturated carbocycles. The van der Waals surface area contributed by atoms with Crippen molar-refractivity contribution >= 4 is 25.7 Å². The van der Waals surface area contributed by atoms with Crippen molar-refractivity contribution in [2.24, 2.45) is 0 Å². The van der Waals surface area contributed by atoms with E-state index in [0.29, 0.717) is 19.3 Å². The Bertz CT molecular complexity index is 1550. The number of aliphatic hydroxyl groups is 1. The van der Waals surface area contributed by atoms with Gasteiger partial charge in [-0.2, -0.15) is 0 Å². The summed E-state index contributed by atoms with van der Waals surface area (Å²) >= 11 is 0. The Morgan fingerprint density at radius 1 is 0.382 bits per heavy atom. The van der Waals surface area contributed by atoms with E-state index >= 15 is 0 Å². The van der Waals surface area contributed by atoms with Gasteiger partial charge in [-0.05, 0) is 109 Å². The normalized spacial score (nSPS) is 13.8. The topological polar surface area (TPSA) is 155 Å². The summed E-state index contributed by atoms with van der Waals surface area (Å²) in [6, 6.07) is 0. The average Bonchev–Trinajstić information content (AvgIpc) is 3.41. The lowest BCUT2D eigenvalue weighted by Crippen LogP contribution is -2.30. The summed E-state index contributed by atoms with van der Waals surface area (Å²) in [5.74, 6) is -1.48. The van der Waals surface area contributed by atoms with Gasteiger partial charge in [0, 0.05) is 19.3 Å². The molecule has 0 aromatic heterocycles. The molecule has 0 amide bonds. The van der Waals surface area contributed by atoms with Crippen molar-refractivity contribution in [3.05, 3.63) is 72.9 Å². The van der Waals surface area contributed by atoms with Gasteiger partial charge in [0.05, 0.1) is 19.8 Å². The van der Waals surface area contributed by atoms with E-state index in [2.05, 4.69) is 93.7 Å². The first-order chi connectivity index (χ1) is 37.2. The maximum Gasteiger partial charge on any atom is 0.472 e. The summed E-state index contributed by atoms with van der Waals surface area (Å²) in [5.41, 5.74) is 0. The molecule has 0 saturated heterocycles. The molecular formula is C64H113O11P. The van der Waals surface area contributed by atoms with Crippen LogP contribution < -0.4 is 0 Å². The summed E-state index contributed by atoms with van der Waals surface area (Å²) < 4.78 is 39.6. The summed E-state index contributed by atoms with van der Waals surface area (Å²) in [6.45, 7) is 4.50. The Kier molecular flexibility index (Phi) is 55.7. The second-order valence-electron chi connectivity index (χ2n) is 20.5. The highest BCUT2D eigenvalue weighted by Gasteiger charge is 2.28. The smallest absolute Gasteiger partial charge is 0.462 e. The van der Waals surface area contributed by atoms with E-state index in [1.165, 1.54) is 96.3 Å². The standard InChI is InChI=1S/C64H113O11P/c1-4-7-10-13-16-19-22-25-27-29-30-32-34-37-40-43-46-49-52-55-64(68)75-61(57-71-62(66)53-50-47-44-41-38-35-24-21-18-15-12-9-6-3)59-73-76(69,70)72-58-60(56-65)74-63(67)54-51-48-45-42-39-36-33-31-28-26-23-20-17-14-11-8-5-2/h8,11,16-17,19-21,24-28,60-61,65H,4-7,9-10,12-15,18,22-23,29-59H2,1-3H3,(H,69,70)/b11-8-,19-16-,20-17-,24-21-,27-25-,28-26-. The molecule has 0 aliphatic heterocycles. The van der Waals surface area contributed by atoms with Crippen LogP contribution in [0, 0.1) is 0 Å². The molecule has 0 aromatic rings. The van der Waals surface area contributed by atoms with Gasteiger partial charge in [0.1, 0.15) is 12.7 Å². The SMILES string of the molecule is CC/C=C\C/C=C\C/C=C\CCCCCCCCCC(=O)OC(CO)COP(=O)(O)OCC(COC(=O)CCCCCCC/C=C\CCCCCC)OC(=O)CCCCCCCCCCC/C=C\C/C=C\CCCCC. The van der Waals surface area contributed by atoms with E-state index in [9.17, 15) is 28.9 Å². The number of ether oxygens (including phenoxy) is 3. The monoisotopic (exact) mass is 1090 g/mol. The Morgan fingerprint density at radius 3 is 1.09 bits per heavy atom. The predicted molar refractivity (Wildman–Crippen MR) is 316 cm³/mol. The number of rotatable bonds is 57. The zero-order valence-corrected chi connectivity index (χ0v) is 49.6. The fourth-order valence-corrected chi connectivity index (χ4v) is 9.18. The van der Waals surface area contributed by atoms with Crippen molar-refractivity contribution in [1.29, 1.82) is 0 Å². The van der Waals surface area contributed by atoms with Gasteiger partial charge in [0.15, 0.2) is 6.10 Å². The number of carbonyl (C=O) groups excluding carboxylic acids is 3. The number of esters is 3. The van der Waals surface area contributed by atoms with Gasteiger partial charge in [0.25, 0.3) is 0 Å². The molecule has 0 fully saturated rings. The summed E-state index contributed by atoms with van der Waals surface area (Å²) in [5, 5.41) is 9.84. The molecule has 12 heteroatoms. The molecule has 0 aliphatic carbocycles. The van der Waals surface area contributed by atoms with Crippen LogP contribution in [0.25, 0.3) is 0 Å². The minimum Gasteiger partial charge on any atom is -0.462 e. The minimum absolute atomic E-state index is 0.160. The number of unbranched alkanes of at least 4 members (excludes halogenated alkanes) is 28. The van der Waals surface area contributed by atoms with Crippen molar-refractivity contribution in [1.82, 2.24) is 0 Å². The van der Waals surface area contributed by atoms with Crippen LogP contribution in [0.3, 0.4) is 0 Å². The second-order valence-corrected chi connectivity index (χ2v) is 21.9. The van der Waals surface area contributed by atoms with Gasteiger partial charge in [-0.15, -0.1) is 0 Å². The molecule has 0 aromatic carbocycles. The Hall–Kier alpha value is -3.08. The Balaban J connectivity index is 4.69. The van der Waals surface area contributed by atoms with Crippen LogP contribution in [0.1, 0.15) is 278 Å². The van der Waals surface area contributed by atoms with Crippen LogP contribution in [0.2, 0.25) is 0 Å². The highest BCUT2D eigenvalue weighted by Crippen LogP contribution is 2.43. The van der Waals surface area contributed by atoms with Crippen molar-refractivity contribution in [2.75, 3.05) is 26.4 Å². The largest absolute Gasteiger partial charge is 0.472 e. The van der Waals surface area contributed by atoms with E-state index in [1.807, 2.05) is 0 Å². The number of allylic oxidation sites excluding steroid dienone is 12. The maximum absolute atomic E-state index is 12.9. The molecule has 3 unspecified atom stereocenters. The van der Waals surface area contributed by atoms with Crippen LogP contribution >= 0.6 is 7.82 Å². The lowest BCUT2D eigenvalue weighted by atomic mass is 10.1. The third-order valence-electron chi connectivity index (χ3n) is 13.1. The molecule has 76 heavy (non-hydrogen) atoms. The summed E-state index contributed by atoms with van der Waals surface area (Å²) in [7, 11) is -4.76. The van der Waals surface area contributed by atoms with Crippen LogP contribution in [0.15, 0.2) is 72.9 Å². The van der Waals surface area contributed by atoms with Crippen molar-refractivity contribution < 1.29 is 52.2 Å². The Morgan fingerprint density at radius 2 is 0.684 bits per heavy atom. The molecule has 0 spiro atoms. The van der Waals surface area contributed by atoms with Gasteiger partial charge >= 0.3 is 25.7 Å². The fourth-order valence-electron chi connectivity index (χ4n) is 8.40. The van der Waals surface area contributed by atoms with Crippen molar-refractivity contribution in [3.8, 4) is 0 Å². The predicted octanol–water partition coefficient (Wildman–Crippen LogP) is 18.5. The molecule has 0 aliphatic rings. The summed E-state index contributed by atoms with van der Waals surface area (Å²) in [6.07, 6.45) is 65.6. The van der Waals surface area contributed by atoms with Crippen LogP contribution in [-0.2, 0) is 42.2 Å². The molecule has 3 atom stereocenters. The Labute approximate surface area is 465 Å². The molecule has 11 nitrogen and oxygen atoms in total.